The van der Waals surface area contributed by atoms with Crippen LogP contribution in [-0.2, 0) is 13.1 Å². The van der Waals surface area contributed by atoms with Crippen LogP contribution < -0.4 is 5.73 Å². The fraction of sp³-hybridized carbons (Fsp3) is 0.846. The molecule has 5 heteroatoms. The molecule has 0 spiro atoms. The Balaban J connectivity index is 1.83. The van der Waals surface area contributed by atoms with Crippen molar-refractivity contribution in [3.05, 3.63) is 11.9 Å². The van der Waals surface area contributed by atoms with Crippen LogP contribution in [0.15, 0.2) is 6.20 Å². The molecule has 1 aromatic rings. The zero-order valence-electron chi connectivity index (χ0n) is 11.6. The van der Waals surface area contributed by atoms with Gasteiger partial charge in [0.2, 0.25) is 0 Å². The highest BCUT2D eigenvalue weighted by atomic mass is 15.4. The van der Waals surface area contributed by atoms with Crippen molar-refractivity contribution in [2.45, 2.75) is 46.2 Å². The van der Waals surface area contributed by atoms with Crippen molar-refractivity contribution in [2.24, 2.45) is 11.1 Å². The molecule has 0 aliphatic carbocycles. The number of hydrogen-bond donors (Lipinski definition) is 1. The van der Waals surface area contributed by atoms with E-state index in [9.17, 15) is 0 Å². The molecule has 0 unspecified atom stereocenters. The van der Waals surface area contributed by atoms with Gasteiger partial charge < -0.3 is 5.73 Å². The lowest BCUT2D eigenvalue weighted by molar-refractivity contribution is 0.108. The van der Waals surface area contributed by atoms with Crippen LogP contribution in [0.2, 0.25) is 0 Å². The van der Waals surface area contributed by atoms with Crippen LogP contribution >= 0.6 is 0 Å². The summed E-state index contributed by atoms with van der Waals surface area (Å²) in [6.07, 6.45) is 5.88. The minimum absolute atomic E-state index is 0.549. The molecule has 18 heavy (non-hydrogen) atoms. The molecule has 102 valence electrons. The molecule has 1 aliphatic heterocycles. The normalized spacial score (nSPS) is 20.2. The van der Waals surface area contributed by atoms with Crippen LogP contribution in [0.4, 0.5) is 0 Å². The number of aromatic nitrogens is 3. The summed E-state index contributed by atoms with van der Waals surface area (Å²) in [6, 6.07) is 0. The minimum Gasteiger partial charge on any atom is -0.329 e. The van der Waals surface area contributed by atoms with E-state index in [0.717, 1.165) is 18.8 Å². The van der Waals surface area contributed by atoms with Crippen molar-refractivity contribution >= 4 is 0 Å². The standard InChI is InChI=1S/C13H25N5/c1-3-13(2)4-7-17(8-5-13)10-12-11-18(9-6-14)16-15-12/h11H,3-10,14H2,1-2H3. The summed E-state index contributed by atoms with van der Waals surface area (Å²) in [6.45, 7) is 9.34. The first-order valence-electron chi connectivity index (χ1n) is 6.96. The van der Waals surface area contributed by atoms with Crippen molar-refractivity contribution in [3.8, 4) is 0 Å². The van der Waals surface area contributed by atoms with E-state index < -0.39 is 0 Å². The summed E-state index contributed by atoms with van der Waals surface area (Å²) >= 11 is 0. The molecule has 1 aliphatic rings. The van der Waals surface area contributed by atoms with Crippen molar-refractivity contribution in [3.63, 3.8) is 0 Å². The lowest BCUT2D eigenvalue weighted by atomic mass is 9.78. The Bertz CT molecular complexity index is 365. The van der Waals surface area contributed by atoms with Crippen LogP contribution in [0.1, 0.15) is 38.8 Å². The first-order chi connectivity index (χ1) is 8.65. The van der Waals surface area contributed by atoms with E-state index in [1.54, 1.807) is 0 Å². The molecule has 0 atom stereocenters. The number of nitrogens with zero attached hydrogens (tertiary/aromatic N) is 4. The van der Waals surface area contributed by atoms with E-state index in [-0.39, 0.29) is 0 Å². The molecule has 0 bridgehead atoms. The van der Waals surface area contributed by atoms with E-state index in [2.05, 4.69) is 29.1 Å². The van der Waals surface area contributed by atoms with E-state index in [4.69, 9.17) is 5.73 Å². The zero-order valence-corrected chi connectivity index (χ0v) is 11.6. The first-order valence-corrected chi connectivity index (χ1v) is 6.96. The Hall–Kier alpha value is -0.940. The SMILES string of the molecule is CCC1(C)CCN(Cc2cn(CCN)nn2)CC1. The van der Waals surface area contributed by atoms with Gasteiger partial charge in [0.15, 0.2) is 0 Å². The smallest absolute Gasteiger partial charge is 0.0967 e. The third kappa shape index (κ3) is 3.29. The summed E-state index contributed by atoms with van der Waals surface area (Å²) < 4.78 is 1.83. The Kier molecular flexibility index (Phi) is 4.35. The summed E-state index contributed by atoms with van der Waals surface area (Å²) in [4.78, 5) is 2.48. The predicted octanol–water partition coefficient (Wildman–Crippen LogP) is 1.25. The summed E-state index contributed by atoms with van der Waals surface area (Å²) in [5.74, 6) is 0. The number of hydrogen-bond acceptors (Lipinski definition) is 4. The largest absolute Gasteiger partial charge is 0.329 e. The zero-order chi connectivity index (χ0) is 13.0. The molecule has 0 saturated carbocycles. The van der Waals surface area contributed by atoms with Gasteiger partial charge in [0.25, 0.3) is 0 Å². The van der Waals surface area contributed by atoms with Crippen LogP contribution in [0.3, 0.4) is 0 Å². The topological polar surface area (TPSA) is 60.0 Å². The quantitative estimate of drug-likeness (QED) is 0.855. The highest BCUT2D eigenvalue weighted by molar-refractivity contribution is 4.93. The maximum Gasteiger partial charge on any atom is 0.0967 e. The molecular weight excluding hydrogens is 226 g/mol. The van der Waals surface area contributed by atoms with E-state index in [1.807, 2.05) is 10.9 Å². The molecule has 1 aromatic heterocycles. The number of nitrogens with two attached hydrogens (primary N) is 1. The van der Waals surface area contributed by atoms with Gasteiger partial charge in [-0.15, -0.1) is 5.10 Å². The van der Waals surface area contributed by atoms with Gasteiger partial charge in [-0.05, 0) is 31.3 Å². The maximum atomic E-state index is 5.50. The second kappa shape index (κ2) is 5.80. The van der Waals surface area contributed by atoms with E-state index >= 15 is 0 Å². The molecule has 1 saturated heterocycles. The van der Waals surface area contributed by atoms with Crippen LogP contribution in [-0.4, -0.2) is 39.5 Å². The Labute approximate surface area is 109 Å². The van der Waals surface area contributed by atoms with Crippen molar-refractivity contribution < 1.29 is 0 Å². The molecular formula is C13H25N5. The van der Waals surface area contributed by atoms with E-state index in [1.165, 1.54) is 32.4 Å². The average Bonchev–Trinajstić information content (AvgIpc) is 2.81. The Morgan fingerprint density at radius 3 is 2.72 bits per heavy atom. The molecule has 1 fully saturated rings. The molecule has 2 rings (SSSR count). The van der Waals surface area contributed by atoms with Crippen molar-refractivity contribution in [1.82, 2.24) is 19.9 Å². The fourth-order valence-electron chi connectivity index (χ4n) is 2.49. The van der Waals surface area contributed by atoms with Gasteiger partial charge in [-0.25, -0.2) is 0 Å². The Morgan fingerprint density at radius 2 is 2.11 bits per heavy atom. The van der Waals surface area contributed by atoms with Crippen LogP contribution in [0.5, 0.6) is 0 Å². The molecule has 0 radical (unpaired) electrons. The lowest BCUT2D eigenvalue weighted by Gasteiger charge is -2.38. The van der Waals surface area contributed by atoms with E-state index in [0.29, 0.717) is 12.0 Å². The molecule has 2 N–H and O–H groups in total. The highest BCUT2D eigenvalue weighted by Crippen LogP contribution is 2.34. The number of piperidine rings is 1. The maximum absolute atomic E-state index is 5.50. The average molecular weight is 251 g/mol. The molecule has 2 heterocycles. The van der Waals surface area contributed by atoms with Gasteiger partial charge in [0.05, 0.1) is 12.2 Å². The summed E-state index contributed by atoms with van der Waals surface area (Å²) in [5.41, 5.74) is 7.11. The van der Waals surface area contributed by atoms with Gasteiger partial charge in [0, 0.05) is 19.3 Å². The van der Waals surface area contributed by atoms with Gasteiger partial charge in [-0.2, -0.15) is 0 Å². The summed E-state index contributed by atoms with van der Waals surface area (Å²) in [7, 11) is 0. The lowest BCUT2D eigenvalue weighted by Crippen LogP contribution is -2.38. The number of likely N-dealkylation sites (tertiary alicyclic amines) is 1. The van der Waals surface area contributed by atoms with Gasteiger partial charge in [0.1, 0.15) is 0 Å². The second-order valence-electron chi connectivity index (χ2n) is 5.70. The molecule has 5 nitrogen and oxygen atoms in total. The number of rotatable bonds is 5. The minimum atomic E-state index is 0.549. The Morgan fingerprint density at radius 1 is 1.39 bits per heavy atom. The fourth-order valence-corrected chi connectivity index (χ4v) is 2.49. The van der Waals surface area contributed by atoms with Crippen molar-refractivity contribution in [1.29, 1.82) is 0 Å². The molecule has 0 amide bonds. The third-order valence-electron chi connectivity index (χ3n) is 4.25. The van der Waals surface area contributed by atoms with Crippen molar-refractivity contribution in [2.75, 3.05) is 19.6 Å². The van der Waals surface area contributed by atoms with Crippen LogP contribution in [0, 0.1) is 5.41 Å². The first kappa shape index (κ1) is 13.5. The third-order valence-corrected chi connectivity index (χ3v) is 4.25. The highest BCUT2D eigenvalue weighted by Gasteiger charge is 2.28. The molecule has 0 aromatic carbocycles. The monoisotopic (exact) mass is 251 g/mol. The van der Waals surface area contributed by atoms with Crippen LogP contribution in [0.25, 0.3) is 0 Å². The van der Waals surface area contributed by atoms with Gasteiger partial charge >= 0.3 is 0 Å². The predicted molar refractivity (Wildman–Crippen MR) is 72.0 cm³/mol. The van der Waals surface area contributed by atoms with Gasteiger partial charge in [-0.1, -0.05) is 25.5 Å². The summed E-state index contributed by atoms with van der Waals surface area (Å²) in [5, 5.41) is 8.28. The second-order valence-corrected chi connectivity index (χ2v) is 5.70. The van der Waals surface area contributed by atoms with Gasteiger partial charge in [-0.3, -0.25) is 9.58 Å².